The predicted molar refractivity (Wildman–Crippen MR) is 105 cm³/mol. The minimum Gasteiger partial charge on any atom is -0.477 e. The molecule has 3 aromatic rings. The van der Waals surface area contributed by atoms with E-state index in [1.165, 1.54) is 10.6 Å². The van der Waals surface area contributed by atoms with Crippen LogP contribution in [0.5, 0.6) is 0 Å². The lowest BCUT2D eigenvalue weighted by Crippen LogP contribution is -2.19. The van der Waals surface area contributed by atoms with E-state index in [9.17, 15) is 29.4 Å². The molecule has 0 unspecified atom stereocenters. The highest BCUT2D eigenvalue weighted by Crippen LogP contribution is 2.28. The molecule has 0 aliphatic carbocycles. The van der Waals surface area contributed by atoms with Crippen molar-refractivity contribution < 1.29 is 24.2 Å². The maximum Gasteiger partial charge on any atom is 0.371 e. The quantitative estimate of drug-likeness (QED) is 0.622. The summed E-state index contributed by atoms with van der Waals surface area (Å²) in [4.78, 5) is 47.9. The Morgan fingerprint density at radius 1 is 1.00 bits per heavy atom. The highest BCUT2D eigenvalue weighted by molar-refractivity contribution is 6.01. The van der Waals surface area contributed by atoms with Crippen molar-refractivity contribution in [1.82, 2.24) is 4.57 Å². The fourth-order valence-electron chi connectivity index (χ4n) is 3.34. The van der Waals surface area contributed by atoms with E-state index in [1.807, 2.05) is 6.92 Å². The summed E-state index contributed by atoms with van der Waals surface area (Å²) in [5, 5.41) is 19.0. The zero-order valence-corrected chi connectivity index (χ0v) is 16.0. The second-order valence-corrected chi connectivity index (χ2v) is 6.10. The van der Waals surface area contributed by atoms with Gasteiger partial charge in [0.05, 0.1) is 10.9 Å². The number of carboxylic acid groups (broad SMARTS) is 2. The molecular formula is C19H18ClNO7. The van der Waals surface area contributed by atoms with Crippen LogP contribution in [-0.4, -0.2) is 26.7 Å². The van der Waals surface area contributed by atoms with Gasteiger partial charge in [0, 0.05) is 29.6 Å². The Morgan fingerprint density at radius 3 is 2.18 bits per heavy atom. The van der Waals surface area contributed by atoms with E-state index in [2.05, 4.69) is 0 Å². The number of carbonyl (C=O) groups is 2. The number of aryl methyl sites for hydroxylation is 2. The van der Waals surface area contributed by atoms with Crippen molar-refractivity contribution in [3.8, 4) is 0 Å². The highest BCUT2D eigenvalue weighted by Gasteiger charge is 2.21. The number of hydrogen-bond acceptors (Lipinski definition) is 5. The highest BCUT2D eigenvalue weighted by atomic mass is 35.5. The zero-order chi connectivity index (χ0) is 19.9. The van der Waals surface area contributed by atoms with Gasteiger partial charge in [-0.3, -0.25) is 9.59 Å². The van der Waals surface area contributed by atoms with E-state index >= 15 is 0 Å². The van der Waals surface area contributed by atoms with Crippen LogP contribution in [0.25, 0.3) is 21.9 Å². The van der Waals surface area contributed by atoms with Crippen molar-refractivity contribution in [3.05, 3.63) is 55.7 Å². The topological polar surface area (TPSA) is 127 Å². The molecule has 1 aromatic carbocycles. The van der Waals surface area contributed by atoms with E-state index in [1.54, 1.807) is 6.92 Å². The number of aromatic nitrogens is 1. The molecular weight excluding hydrogens is 390 g/mol. The van der Waals surface area contributed by atoms with Gasteiger partial charge in [0.25, 0.3) is 0 Å². The van der Waals surface area contributed by atoms with E-state index < -0.39 is 28.6 Å². The number of rotatable bonds is 5. The summed E-state index contributed by atoms with van der Waals surface area (Å²) in [6.45, 7) is 3.88. The van der Waals surface area contributed by atoms with Crippen LogP contribution in [-0.2, 0) is 13.0 Å². The molecule has 0 aliphatic rings. The van der Waals surface area contributed by atoms with Gasteiger partial charge in [0.2, 0.25) is 5.76 Å². The molecule has 0 aliphatic heterocycles. The third-order valence-corrected chi connectivity index (χ3v) is 4.43. The molecule has 2 aromatic heterocycles. The number of nitrogens with zero attached hydrogens (tertiary/aromatic N) is 1. The molecule has 0 saturated carbocycles. The Balaban J connectivity index is 0.00000280. The standard InChI is InChI=1S/C19H17NO7.ClH/c1-3-5-9-16-10(13(21)7-12(18(23)24)20(16)4-2)6-11-14(22)8-15(19(25)26)27-17(9)11;/h6-8H,3-5H2,1-2H3,(H,23,24)(H,25,26);1H. The third-order valence-electron chi connectivity index (χ3n) is 4.43. The van der Waals surface area contributed by atoms with Crippen LogP contribution in [0.2, 0.25) is 0 Å². The minimum absolute atomic E-state index is 0. The van der Waals surface area contributed by atoms with Crippen molar-refractivity contribution in [1.29, 1.82) is 0 Å². The first-order chi connectivity index (χ1) is 12.8. The summed E-state index contributed by atoms with van der Waals surface area (Å²) >= 11 is 0. The Bertz CT molecular complexity index is 1220. The SMILES string of the molecule is CCCc1c2oc(C(=O)O)cc(=O)c2cc2c(=O)cc(C(=O)O)n(CC)c12.Cl. The van der Waals surface area contributed by atoms with Crippen molar-refractivity contribution in [2.75, 3.05) is 0 Å². The van der Waals surface area contributed by atoms with Crippen LogP contribution in [0.3, 0.4) is 0 Å². The molecule has 3 rings (SSSR count). The van der Waals surface area contributed by atoms with Crippen LogP contribution in [0, 0.1) is 0 Å². The first-order valence-electron chi connectivity index (χ1n) is 8.44. The van der Waals surface area contributed by atoms with Gasteiger partial charge in [-0.2, -0.15) is 0 Å². The largest absolute Gasteiger partial charge is 0.477 e. The molecule has 8 nitrogen and oxygen atoms in total. The van der Waals surface area contributed by atoms with E-state index in [4.69, 9.17) is 4.42 Å². The minimum atomic E-state index is -1.39. The lowest BCUT2D eigenvalue weighted by molar-refractivity contribution is 0.0659. The van der Waals surface area contributed by atoms with Crippen LogP contribution >= 0.6 is 12.4 Å². The molecule has 0 fully saturated rings. The Hall–Kier alpha value is -3.13. The van der Waals surface area contributed by atoms with Crippen molar-refractivity contribution >= 4 is 46.2 Å². The smallest absolute Gasteiger partial charge is 0.371 e. The number of benzene rings is 1. The van der Waals surface area contributed by atoms with Crippen molar-refractivity contribution in [3.63, 3.8) is 0 Å². The van der Waals surface area contributed by atoms with Crippen LogP contribution in [0.4, 0.5) is 0 Å². The molecule has 0 saturated heterocycles. The van der Waals surface area contributed by atoms with Gasteiger partial charge in [0.1, 0.15) is 11.3 Å². The van der Waals surface area contributed by atoms with Crippen LogP contribution in [0.15, 0.2) is 32.2 Å². The molecule has 28 heavy (non-hydrogen) atoms. The third kappa shape index (κ3) is 3.27. The first kappa shape index (κ1) is 21.2. The lowest BCUT2D eigenvalue weighted by Gasteiger charge is -2.17. The van der Waals surface area contributed by atoms with Gasteiger partial charge >= 0.3 is 11.9 Å². The Kier molecular flexibility index (Phi) is 5.94. The fourth-order valence-corrected chi connectivity index (χ4v) is 3.34. The fraction of sp³-hybridized carbons (Fsp3) is 0.263. The summed E-state index contributed by atoms with van der Waals surface area (Å²) in [6, 6.07) is 3.25. The molecule has 0 spiro atoms. The van der Waals surface area contributed by atoms with Gasteiger partial charge in [-0.1, -0.05) is 13.3 Å². The molecule has 148 valence electrons. The van der Waals surface area contributed by atoms with Crippen molar-refractivity contribution in [2.24, 2.45) is 0 Å². The number of halogens is 1. The summed E-state index contributed by atoms with van der Waals surface area (Å²) in [6.07, 6.45) is 0.993. The average molecular weight is 408 g/mol. The molecule has 9 heteroatoms. The van der Waals surface area contributed by atoms with Crippen LogP contribution < -0.4 is 10.9 Å². The lowest BCUT2D eigenvalue weighted by atomic mass is 10.00. The van der Waals surface area contributed by atoms with Gasteiger partial charge < -0.3 is 19.2 Å². The second-order valence-electron chi connectivity index (χ2n) is 6.10. The predicted octanol–water partition coefficient (Wildman–Crippen LogP) is 2.90. The number of aromatic carboxylic acids is 2. The van der Waals surface area contributed by atoms with Crippen molar-refractivity contribution in [2.45, 2.75) is 33.2 Å². The molecule has 0 amide bonds. The number of pyridine rings is 1. The molecule has 2 N–H and O–H groups in total. The number of fused-ring (bicyclic) bond motifs is 2. The average Bonchev–Trinajstić information content (AvgIpc) is 2.62. The monoisotopic (exact) mass is 407 g/mol. The van der Waals surface area contributed by atoms with Crippen LogP contribution in [0.1, 0.15) is 46.9 Å². The van der Waals surface area contributed by atoms with Gasteiger partial charge in [-0.25, -0.2) is 9.59 Å². The normalized spacial score (nSPS) is 10.8. The van der Waals surface area contributed by atoms with Gasteiger partial charge in [-0.05, 0) is 19.4 Å². The maximum atomic E-state index is 12.6. The zero-order valence-electron chi connectivity index (χ0n) is 15.1. The molecule has 2 heterocycles. The molecule has 0 radical (unpaired) electrons. The Morgan fingerprint density at radius 2 is 1.64 bits per heavy atom. The molecule has 0 atom stereocenters. The van der Waals surface area contributed by atoms with E-state index in [0.29, 0.717) is 23.9 Å². The van der Waals surface area contributed by atoms with Gasteiger partial charge in [-0.15, -0.1) is 12.4 Å². The summed E-state index contributed by atoms with van der Waals surface area (Å²) in [7, 11) is 0. The number of carboxylic acids is 2. The Labute approximate surface area is 164 Å². The first-order valence-corrected chi connectivity index (χ1v) is 8.44. The summed E-state index contributed by atoms with van der Waals surface area (Å²) in [5.41, 5.74) is -0.401. The van der Waals surface area contributed by atoms with E-state index in [-0.39, 0.29) is 41.0 Å². The van der Waals surface area contributed by atoms with E-state index in [0.717, 1.165) is 12.1 Å². The van der Waals surface area contributed by atoms with Gasteiger partial charge in [0.15, 0.2) is 10.9 Å². The molecule has 0 bridgehead atoms. The second kappa shape index (κ2) is 7.85. The summed E-state index contributed by atoms with van der Waals surface area (Å²) < 4.78 is 6.94. The maximum absolute atomic E-state index is 12.6. The summed E-state index contributed by atoms with van der Waals surface area (Å²) in [5.74, 6) is -3.15. The number of hydrogen-bond donors (Lipinski definition) is 2.